The molecule has 6 rings (SSSR count). The minimum absolute atomic E-state index is 0.0328. The summed E-state index contributed by atoms with van der Waals surface area (Å²) in [5.41, 5.74) is -0.0635. The third-order valence-corrected chi connectivity index (χ3v) is 9.95. The lowest BCUT2D eigenvalue weighted by Gasteiger charge is -2.14. The summed E-state index contributed by atoms with van der Waals surface area (Å²) in [5, 5.41) is 38.8. The lowest BCUT2D eigenvalue weighted by atomic mass is 9.99. The highest BCUT2D eigenvalue weighted by Crippen LogP contribution is 2.45. The van der Waals surface area contributed by atoms with Gasteiger partial charge in [-0.3, -0.25) is 9.44 Å². The van der Waals surface area contributed by atoms with Crippen LogP contribution in [0.3, 0.4) is 0 Å². The zero-order valence-electron chi connectivity index (χ0n) is 24.7. The van der Waals surface area contributed by atoms with Crippen molar-refractivity contribution < 1.29 is 41.7 Å². The molecule has 0 radical (unpaired) electrons. The molecule has 0 saturated carbocycles. The zero-order valence-corrected chi connectivity index (χ0v) is 26.3. The van der Waals surface area contributed by atoms with Crippen molar-refractivity contribution in [3.05, 3.63) is 115 Å². The number of sulfonamides is 2. The van der Waals surface area contributed by atoms with Crippen molar-refractivity contribution in [1.82, 2.24) is 9.97 Å². The van der Waals surface area contributed by atoms with Gasteiger partial charge in [-0.25, -0.2) is 36.4 Å². The summed E-state index contributed by atoms with van der Waals surface area (Å²) >= 11 is 0. The smallest absolute Gasteiger partial charge is 0.335 e. The summed E-state index contributed by atoms with van der Waals surface area (Å²) in [5.74, 6) is -2.94. The van der Waals surface area contributed by atoms with Gasteiger partial charge >= 0.3 is 11.9 Å². The summed E-state index contributed by atoms with van der Waals surface area (Å²) in [6.07, 6.45) is 2.83. The predicted octanol–water partition coefficient (Wildman–Crippen LogP) is 5.90. The first kappa shape index (κ1) is 32.5. The number of phenols is 1. The van der Waals surface area contributed by atoms with E-state index in [1.54, 1.807) is 6.07 Å². The van der Waals surface area contributed by atoms with E-state index in [0.29, 0.717) is 10.8 Å². The summed E-state index contributed by atoms with van der Waals surface area (Å²) in [6, 6.07) is 19.7. The molecule has 246 valence electrons. The number of carboxylic acids is 2. The van der Waals surface area contributed by atoms with E-state index in [-0.39, 0.29) is 54.7 Å². The monoisotopic (exact) mass is 698 g/mol. The molecule has 0 bridgehead atoms. The number of aromatic hydroxyl groups is 1. The lowest BCUT2D eigenvalue weighted by molar-refractivity contribution is 0.0686. The second-order valence-corrected chi connectivity index (χ2v) is 13.7. The number of carboxylic acid groups (broad SMARTS) is 2. The lowest BCUT2D eigenvalue weighted by Crippen LogP contribution is -2.13. The van der Waals surface area contributed by atoms with Gasteiger partial charge in [0.1, 0.15) is 5.69 Å². The van der Waals surface area contributed by atoms with Crippen LogP contribution in [0.5, 0.6) is 5.75 Å². The molecule has 0 unspecified atom stereocenters. The largest absolute Gasteiger partial charge is 0.505 e. The van der Waals surface area contributed by atoms with Crippen molar-refractivity contribution in [2.45, 2.75) is 9.79 Å². The number of phenolic OH excluding ortho intramolecular Hbond substituents is 1. The number of rotatable bonds is 10. The minimum atomic E-state index is -4.25. The van der Waals surface area contributed by atoms with Crippen LogP contribution in [0.1, 0.15) is 20.7 Å². The van der Waals surface area contributed by atoms with Gasteiger partial charge in [-0.1, -0.05) is 12.1 Å². The van der Waals surface area contributed by atoms with E-state index in [4.69, 9.17) is 10.2 Å². The number of carbonyl (C=O) groups is 2. The SMILES string of the molecule is O=C(O)c1ccc(NS(=O)(=O)c2ccc3c(c2)c(O)c(N=Nc2ncccn2)c2cc(S(=O)(=O)Nc4ccc(C(=O)O)cc4)ccc23)cc1. The first-order valence-electron chi connectivity index (χ1n) is 14.0. The standard InChI is InChI=1S/C32H22N6O9S2/c39-29-27-17-23(49(46,47)38-21-8-4-19(5-9-21)31(42)43)11-13-25(27)24-12-10-22(16-26(24)28(29)35-36-32-33-14-1-15-34-32)48(44,45)37-20-6-2-18(3-7-20)30(40)41/h1-17,37-39H,(H,40,41)(H,42,43). The summed E-state index contributed by atoms with van der Waals surface area (Å²) in [7, 11) is -8.49. The van der Waals surface area contributed by atoms with E-state index < -0.39 is 37.7 Å². The molecule has 15 nitrogen and oxygen atoms in total. The van der Waals surface area contributed by atoms with Gasteiger partial charge in [-0.15, -0.1) is 10.2 Å². The number of aromatic carboxylic acids is 2. The Hall–Kier alpha value is -6.46. The molecule has 0 aliphatic carbocycles. The number of nitrogens with one attached hydrogen (secondary N) is 2. The maximum absolute atomic E-state index is 13.4. The van der Waals surface area contributed by atoms with Crippen LogP contribution in [0.4, 0.5) is 23.0 Å². The third-order valence-electron chi connectivity index (χ3n) is 7.19. The predicted molar refractivity (Wildman–Crippen MR) is 178 cm³/mol. The van der Waals surface area contributed by atoms with Crippen molar-refractivity contribution in [1.29, 1.82) is 0 Å². The molecule has 1 heterocycles. The molecule has 6 aromatic rings. The fourth-order valence-electron chi connectivity index (χ4n) is 4.83. The third kappa shape index (κ3) is 6.69. The van der Waals surface area contributed by atoms with Crippen LogP contribution in [0.15, 0.2) is 123 Å². The second kappa shape index (κ2) is 12.6. The highest BCUT2D eigenvalue weighted by molar-refractivity contribution is 7.93. The fourth-order valence-corrected chi connectivity index (χ4v) is 7.00. The van der Waals surface area contributed by atoms with E-state index in [2.05, 4.69) is 29.6 Å². The van der Waals surface area contributed by atoms with Gasteiger partial charge in [0.2, 0.25) is 0 Å². The molecule has 0 saturated heterocycles. The number of hydrogen-bond acceptors (Lipinski definition) is 11. The normalized spacial score (nSPS) is 11.9. The van der Waals surface area contributed by atoms with Crippen molar-refractivity contribution >= 4 is 76.5 Å². The van der Waals surface area contributed by atoms with E-state index >= 15 is 0 Å². The number of fused-ring (bicyclic) bond motifs is 3. The van der Waals surface area contributed by atoms with Crippen molar-refractivity contribution in [3.63, 3.8) is 0 Å². The molecule has 5 aromatic carbocycles. The fraction of sp³-hybridized carbons (Fsp3) is 0. The Morgan fingerprint density at radius 1 is 0.592 bits per heavy atom. The van der Waals surface area contributed by atoms with Gasteiger partial charge in [0.15, 0.2) is 5.75 Å². The molecular formula is C32H22N6O9S2. The Bertz CT molecular complexity index is 2530. The van der Waals surface area contributed by atoms with Gasteiger partial charge < -0.3 is 15.3 Å². The van der Waals surface area contributed by atoms with Gasteiger partial charge in [0, 0.05) is 34.5 Å². The summed E-state index contributed by atoms with van der Waals surface area (Å²) < 4.78 is 58.2. The van der Waals surface area contributed by atoms with E-state index in [9.17, 15) is 31.5 Å². The number of hydrogen-bond donors (Lipinski definition) is 5. The van der Waals surface area contributed by atoms with Crippen LogP contribution in [-0.2, 0) is 20.0 Å². The molecule has 0 spiro atoms. The first-order valence-corrected chi connectivity index (χ1v) is 16.9. The maximum Gasteiger partial charge on any atom is 0.335 e. The molecule has 0 atom stereocenters. The number of azo groups is 1. The molecule has 5 N–H and O–H groups in total. The Kier molecular flexibility index (Phi) is 8.37. The molecule has 0 aliphatic heterocycles. The van der Waals surface area contributed by atoms with Crippen molar-refractivity contribution in [2.75, 3.05) is 9.44 Å². The Morgan fingerprint density at radius 2 is 1.04 bits per heavy atom. The first-order chi connectivity index (χ1) is 23.3. The Balaban J connectivity index is 1.46. The quantitative estimate of drug-likeness (QED) is 0.0833. The number of nitrogens with zero attached hydrogens (tertiary/aromatic N) is 4. The van der Waals surface area contributed by atoms with Gasteiger partial charge in [0.25, 0.3) is 26.0 Å². The molecule has 0 amide bonds. The van der Waals surface area contributed by atoms with Crippen LogP contribution >= 0.6 is 0 Å². The molecule has 1 aromatic heterocycles. The van der Waals surface area contributed by atoms with Crippen LogP contribution in [0, 0.1) is 0 Å². The molecular weight excluding hydrogens is 677 g/mol. The summed E-state index contributed by atoms with van der Waals surface area (Å²) in [6.45, 7) is 0. The number of anilines is 2. The van der Waals surface area contributed by atoms with Crippen LogP contribution in [0.2, 0.25) is 0 Å². The van der Waals surface area contributed by atoms with Crippen LogP contribution < -0.4 is 9.44 Å². The van der Waals surface area contributed by atoms with E-state index in [1.807, 2.05) is 0 Å². The minimum Gasteiger partial charge on any atom is -0.505 e. The second-order valence-electron chi connectivity index (χ2n) is 10.3. The molecule has 49 heavy (non-hydrogen) atoms. The van der Waals surface area contributed by atoms with Gasteiger partial charge in [0.05, 0.1) is 20.9 Å². The molecule has 17 heteroatoms. The van der Waals surface area contributed by atoms with E-state index in [1.165, 1.54) is 97.3 Å². The Morgan fingerprint density at radius 3 is 1.51 bits per heavy atom. The Labute approximate surface area is 277 Å². The maximum atomic E-state index is 13.4. The average molecular weight is 699 g/mol. The van der Waals surface area contributed by atoms with Crippen molar-refractivity contribution in [3.8, 4) is 5.75 Å². The molecule has 0 aliphatic rings. The van der Waals surface area contributed by atoms with Crippen LogP contribution in [-0.4, -0.2) is 54.1 Å². The molecule has 0 fully saturated rings. The summed E-state index contributed by atoms with van der Waals surface area (Å²) in [4.78, 5) is 29.8. The van der Waals surface area contributed by atoms with Crippen LogP contribution in [0.25, 0.3) is 21.5 Å². The highest BCUT2D eigenvalue weighted by atomic mass is 32.2. The zero-order chi connectivity index (χ0) is 34.9. The van der Waals surface area contributed by atoms with Gasteiger partial charge in [-0.05, 0) is 89.6 Å². The number of benzene rings is 5. The number of aromatic nitrogens is 2. The van der Waals surface area contributed by atoms with E-state index in [0.717, 1.165) is 0 Å². The topological polar surface area (TPSA) is 238 Å². The average Bonchev–Trinajstić information content (AvgIpc) is 3.08. The highest BCUT2D eigenvalue weighted by Gasteiger charge is 2.22. The van der Waals surface area contributed by atoms with Gasteiger partial charge in [-0.2, -0.15) is 0 Å². The van der Waals surface area contributed by atoms with Crippen molar-refractivity contribution in [2.24, 2.45) is 10.2 Å².